The second kappa shape index (κ2) is 6.37. The maximum atomic E-state index is 12.7. The molecule has 3 aliphatic heterocycles. The van der Waals surface area contributed by atoms with Crippen LogP contribution >= 0.6 is 0 Å². The molecule has 4 rings (SSSR count). The number of amidine groups is 1. The molecule has 3 heterocycles. The largest absolute Gasteiger partial charge is 0.493 e. The number of hydrogen-bond acceptors (Lipinski definition) is 5. The Hall–Kier alpha value is -2.90. The molecular formula is C19H24N5O3+. The van der Waals surface area contributed by atoms with Gasteiger partial charge in [0.2, 0.25) is 11.9 Å². The number of rotatable bonds is 4. The topological polar surface area (TPSA) is 68.5 Å². The molecule has 8 nitrogen and oxygen atoms in total. The summed E-state index contributed by atoms with van der Waals surface area (Å²) in [7, 11) is 3.17. The molecule has 0 N–H and O–H groups in total. The van der Waals surface area contributed by atoms with E-state index < -0.39 is 6.04 Å². The third-order valence-corrected chi connectivity index (χ3v) is 5.03. The van der Waals surface area contributed by atoms with Gasteiger partial charge in [-0.3, -0.25) is 14.6 Å². The predicted molar refractivity (Wildman–Crippen MR) is 101 cm³/mol. The van der Waals surface area contributed by atoms with Gasteiger partial charge in [0.15, 0.2) is 0 Å². The Kier molecular flexibility index (Phi) is 4.13. The third kappa shape index (κ3) is 2.75. The minimum atomic E-state index is -0.530. The molecule has 1 unspecified atom stereocenters. The van der Waals surface area contributed by atoms with Crippen molar-refractivity contribution in [1.29, 1.82) is 0 Å². The van der Waals surface area contributed by atoms with E-state index in [1.165, 1.54) is 11.9 Å². The number of imide groups is 1. The molecule has 1 aromatic rings. The van der Waals surface area contributed by atoms with Gasteiger partial charge < -0.3 is 4.74 Å². The van der Waals surface area contributed by atoms with Gasteiger partial charge in [0, 0.05) is 20.2 Å². The molecule has 1 saturated heterocycles. The Morgan fingerprint density at radius 1 is 1.26 bits per heavy atom. The van der Waals surface area contributed by atoms with Gasteiger partial charge >= 0.3 is 12.0 Å². The van der Waals surface area contributed by atoms with E-state index in [2.05, 4.69) is 23.7 Å². The fourth-order valence-corrected chi connectivity index (χ4v) is 3.59. The van der Waals surface area contributed by atoms with E-state index in [4.69, 9.17) is 4.74 Å². The first-order valence-electron chi connectivity index (χ1n) is 9.16. The summed E-state index contributed by atoms with van der Waals surface area (Å²) in [6.45, 7) is 6.28. The van der Waals surface area contributed by atoms with E-state index in [-0.39, 0.29) is 11.9 Å². The Bertz CT molecular complexity index is 876. The third-order valence-electron chi connectivity index (χ3n) is 5.03. The normalized spacial score (nSPS) is 21.9. The fraction of sp³-hybridized carbons (Fsp3) is 0.474. The van der Waals surface area contributed by atoms with Gasteiger partial charge in [0.25, 0.3) is 5.91 Å². The second-order valence-corrected chi connectivity index (χ2v) is 7.46. The minimum Gasteiger partial charge on any atom is -0.493 e. The van der Waals surface area contributed by atoms with Gasteiger partial charge in [0.1, 0.15) is 18.0 Å². The Morgan fingerprint density at radius 3 is 2.78 bits per heavy atom. The average molecular weight is 370 g/mol. The summed E-state index contributed by atoms with van der Waals surface area (Å²) in [4.78, 5) is 34.2. The lowest BCUT2D eigenvalue weighted by atomic mass is 10.1. The van der Waals surface area contributed by atoms with Crippen LogP contribution in [0.3, 0.4) is 0 Å². The molecule has 1 fully saturated rings. The molecule has 3 amide bonds. The van der Waals surface area contributed by atoms with Crippen molar-refractivity contribution in [2.24, 2.45) is 10.9 Å². The number of amides is 3. The highest BCUT2D eigenvalue weighted by Crippen LogP contribution is 2.28. The van der Waals surface area contributed by atoms with Crippen LogP contribution in [0.25, 0.3) is 0 Å². The van der Waals surface area contributed by atoms with Crippen LogP contribution < -0.4 is 9.64 Å². The molecule has 0 radical (unpaired) electrons. The van der Waals surface area contributed by atoms with Crippen molar-refractivity contribution in [2.45, 2.75) is 19.9 Å². The van der Waals surface area contributed by atoms with Crippen LogP contribution in [0.1, 0.15) is 13.8 Å². The molecule has 142 valence electrons. The SMILES string of the molecule is CC(C)COc1cccc(N2CC[N+]3=C2N=C2C3C(=O)N(C)C(=O)N2C)c1. The minimum absolute atomic E-state index is 0.234. The van der Waals surface area contributed by atoms with E-state index in [0.717, 1.165) is 22.9 Å². The number of urea groups is 1. The summed E-state index contributed by atoms with van der Waals surface area (Å²) in [5.74, 6) is 2.23. The summed E-state index contributed by atoms with van der Waals surface area (Å²) in [5.41, 5.74) is 0.964. The van der Waals surface area contributed by atoms with Crippen molar-refractivity contribution >= 4 is 29.4 Å². The molecular weight excluding hydrogens is 346 g/mol. The Labute approximate surface area is 158 Å². The number of hydrogen-bond donors (Lipinski definition) is 0. The quantitative estimate of drug-likeness (QED) is 0.748. The van der Waals surface area contributed by atoms with Crippen molar-refractivity contribution in [1.82, 2.24) is 9.80 Å². The first-order valence-corrected chi connectivity index (χ1v) is 9.16. The lowest BCUT2D eigenvalue weighted by molar-refractivity contribution is -0.525. The summed E-state index contributed by atoms with van der Waals surface area (Å²) < 4.78 is 7.81. The average Bonchev–Trinajstić information content (AvgIpc) is 3.22. The lowest BCUT2D eigenvalue weighted by Crippen LogP contribution is -2.61. The smallest absolute Gasteiger partial charge is 0.397 e. The molecule has 0 aromatic heterocycles. The number of carbonyl (C=O) groups excluding carboxylic acids is 2. The van der Waals surface area contributed by atoms with Gasteiger partial charge in [-0.25, -0.2) is 14.3 Å². The van der Waals surface area contributed by atoms with Crippen LogP contribution in [0.4, 0.5) is 10.5 Å². The van der Waals surface area contributed by atoms with Crippen molar-refractivity contribution in [3.63, 3.8) is 0 Å². The van der Waals surface area contributed by atoms with E-state index in [0.29, 0.717) is 30.9 Å². The number of carbonyl (C=O) groups is 2. The highest BCUT2D eigenvalue weighted by atomic mass is 16.5. The molecule has 8 heteroatoms. The van der Waals surface area contributed by atoms with Gasteiger partial charge in [-0.05, 0) is 18.1 Å². The summed E-state index contributed by atoms with van der Waals surface area (Å²) >= 11 is 0. The van der Waals surface area contributed by atoms with E-state index in [1.807, 2.05) is 28.8 Å². The number of benzene rings is 1. The number of nitrogens with zero attached hydrogens (tertiary/aromatic N) is 5. The van der Waals surface area contributed by atoms with Crippen LogP contribution in [-0.4, -0.2) is 77.9 Å². The van der Waals surface area contributed by atoms with Crippen LogP contribution in [0, 0.1) is 5.92 Å². The molecule has 3 aliphatic rings. The molecule has 0 spiro atoms. The summed E-state index contributed by atoms with van der Waals surface area (Å²) in [6.07, 6.45) is 0. The number of likely N-dealkylation sites (N-methyl/N-ethyl adjacent to an activating group) is 2. The maximum Gasteiger partial charge on any atom is 0.397 e. The molecule has 0 saturated carbocycles. The van der Waals surface area contributed by atoms with Crippen molar-refractivity contribution < 1.29 is 18.9 Å². The molecule has 0 aliphatic carbocycles. The van der Waals surface area contributed by atoms with Gasteiger partial charge in [-0.15, -0.1) is 0 Å². The molecule has 1 atom stereocenters. The fourth-order valence-electron chi connectivity index (χ4n) is 3.59. The van der Waals surface area contributed by atoms with Crippen LogP contribution in [0.15, 0.2) is 29.3 Å². The van der Waals surface area contributed by atoms with Crippen molar-refractivity contribution in [2.75, 3.05) is 38.7 Å². The first-order chi connectivity index (χ1) is 12.9. The Balaban J connectivity index is 1.65. The highest BCUT2D eigenvalue weighted by molar-refractivity contribution is 6.24. The van der Waals surface area contributed by atoms with E-state index in [9.17, 15) is 9.59 Å². The summed E-state index contributed by atoms with van der Waals surface area (Å²) in [5, 5.41) is 0. The zero-order chi connectivity index (χ0) is 19.3. The van der Waals surface area contributed by atoms with Crippen LogP contribution in [0.2, 0.25) is 0 Å². The number of guanidine groups is 1. The van der Waals surface area contributed by atoms with Gasteiger partial charge in [-0.2, -0.15) is 0 Å². The number of aliphatic imine (C=N–C) groups is 1. The van der Waals surface area contributed by atoms with Crippen molar-refractivity contribution in [3.05, 3.63) is 24.3 Å². The van der Waals surface area contributed by atoms with Crippen LogP contribution in [0.5, 0.6) is 5.75 Å². The second-order valence-electron chi connectivity index (χ2n) is 7.46. The van der Waals surface area contributed by atoms with E-state index in [1.54, 1.807) is 7.05 Å². The predicted octanol–water partition coefficient (Wildman–Crippen LogP) is 1.21. The summed E-state index contributed by atoms with van der Waals surface area (Å²) in [6, 6.07) is 7.01. The lowest BCUT2D eigenvalue weighted by Gasteiger charge is -2.31. The first kappa shape index (κ1) is 17.5. The maximum absolute atomic E-state index is 12.7. The molecule has 1 aromatic carbocycles. The monoisotopic (exact) mass is 370 g/mol. The zero-order valence-electron chi connectivity index (χ0n) is 16.0. The molecule has 0 bridgehead atoms. The van der Waals surface area contributed by atoms with Crippen LogP contribution in [-0.2, 0) is 4.79 Å². The highest BCUT2D eigenvalue weighted by Gasteiger charge is 2.54. The number of ether oxygens (including phenoxy) is 1. The number of anilines is 1. The molecule has 27 heavy (non-hydrogen) atoms. The van der Waals surface area contributed by atoms with Gasteiger partial charge in [-0.1, -0.05) is 24.9 Å². The van der Waals surface area contributed by atoms with Gasteiger partial charge in [0.05, 0.1) is 13.2 Å². The number of fused-ring (bicyclic) bond motifs is 2. The van der Waals surface area contributed by atoms with E-state index >= 15 is 0 Å². The zero-order valence-corrected chi connectivity index (χ0v) is 16.0. The van der Waals surface area contributed by atoms with Crippen molar-refractivity contribution in [3.8, 4) is 5.75 Å². The standard InChI is InChI=1S/C19H24N5O3/c1-12(2)11-27-14-7-5-6-13(10-14)23-8-9-24-15-16(20-18(23)24)21(3)19(26)22(4)17(15)25/h5-7,10,12,15H,8-9,11H2,1-4H3/q+1. The Morgan fingerprint density at radius 2 is 2.04 bits per heavy atom.